The third-order valence-corrected chi connectivity index (χ3v) is 10.3. The number of hydrogen-bond acceptors (Lipinski definition) is 6. The van der Waals surface area contributed by atoms with Crippen LogP contribution in [0.15, 0.2) is 101 Å². The molecule has 264 valence electrons. The number of hydrogen-bond donors (Lipinski definition) is 3. The highest BCUT2D eigenvalue weighted by Crippen LogP contribution is 2.29. The van der Waals surface area contributed by atoms with Crippen LogP contribution in [0.4, 0.5) is 0 Å². The fraction of sp³-hybridized carbons (Fsp3) is 0.410. The highest BCUT2D eigenvalue weighted by Gasteiger charge is 2.41. The van der Waals surface area contributed by atoms with Crippen LogP contribution in [0.2, 0.25) is 0 Å². The molecule has 0 saturated carbocycles. The molecule has 0 heterocycles. The van der Waals surface area contributed by atoms with Crippen LogP contribution in [0.3, 0.4) is 0 Å². The number of carbonyl (C=O) groups is 3. The standard InChI is InChI=1S/C39H52N4O5S/c1-26(2)32(25-27(3)35(44)42-49(47,48)31-23-21-29(22-24-31)28-17-13-11-14-18-28)43(10)37(46)34(38(4,5)6)41-36(45)33(40-9)39(7,8)30-19-15-12-16-20-30/h11-26,32-34,40H,1-10H3,(H,41,45)(H,42,44)/t32-,33-,34-/m1/s1. The maximum absolute atomic E-state index is 14.2. The van der Waals surface area contributed by atoms with Crippen LogP contribution in [0, 0.1) is 11.3 Å². The quantitative estimate of drug-likeness (QED) is 0.199. The fourth-order valence-corrected chi connectivity index (χ4v) is 6.90. The molecular weight excluding hydrogens is 637 g/mol. The van der Waals surface area contributed by atoms with E-state index < -0.39 is 44.9 Å². The number of nitrogens with one attached hydrogen (secondary N) is 3. The summed E-state index contributed by atoms with van der Waals surface area (Å²) in [5, 5.41) is 6.17. The minimum atomic E-state index is -4.16. The second-order valence-electron chi connectivity index (χ2n) is 14.5. The van der Waals surface area contributed by atoms with Gasteiger partial charge in [0.15, 0.2) is 0 Å². The van der Waals surface area contributed by atoms with Crippen molar-refractivity contribution in [2.45, 2.75) is 83.8 Å². The lowest BCUT2D eigenvalue weighted by Gasteiger charge is -2.40. The predicted molar refractivity (Wildman–Crippen MR) is 196 cm³/mol. The van der Waals surface area contributed by atoms with E-state index in [2.05, 4.69) is 15.4 Å². The first kappa shape index (κ1) is 39.2. The van der Waals surface area contributed by atoms with Crippen molar-refractivity contribution in [3.05, 3.63) is 102 Å². The van der Waals surface area contributed by atoms with Gasteiger partial charge in [0.05, 0.1) is 17.0 Å². The molecule has 0 spiro atoms. The number of carbonyl (C=O) groups excluding carboxylic acids is 3. The Morgan fingerprint density at radius 3 is 1.78 bits per heavy atom. The fourth-order valence-electron chi connectivity index (χ4n) is 5.88. The molecule has 3 amide bonds. The summed E-state index contributed by atoms with van der Waals surface area (Å²) in [5.74, 6) is -1.58. The number of likely N-dealkylation sites (N-methyl/N-ethyl adjacent to an activating group) is 2. The maximum atomic E-state index is 14.2. The zero-order valence-corrected chi connectivity index (χ0v) is 31.2. The first-order valence-corrected chi connectivity index (χ1v) is 18.0. The zero-order chi connectivity index (χ0) is 36.7. The summed E-state index contributed by atoms with van der Waals surface area (Å²) in [5.41, 5.74) is 1.66. The predicted octanol–water partition coefficient (Wildman–Crippen LogP) is 5.68. The van der Waals surface area contributed by atoms with Crippen LogP contribution in [-0.4, -0.2) is 63.3 Å². The molecule has 0 saturated heterocycles. The van der Waals surface area contributed by atoms with Crippen molar-refractivity contribution in [3.63, 3.8) is 0 Å². The van der Waals surface area contributed by atoms with Gasteiger partial charge in [-0.3, -0.25) is 14.4 Å². The van der Waals surface area contributed by atoms with Gasteiger partial charge in [-0.25, -0.2) is 13.1 Å². The van der Waals surface area contributed by atoms with E-state index in [4.69, 9.17) is 0 Å². The molecular formula is C39H52N4O5S. The molecule has 0 unspecified atom stereocenters. The molecule has 0 aromatic heterocycles. The molecule has 3 aromatic rings. The summed E-state index contributed by atoms with van der Waals surface area (Å²) < 4.78 is 28.4. The molecule has 3 N–H and O–H groups in total. The molecule has 9 nitrogen and oxygen atoms in total. The van der Waals surface area contributed by atoms with Gasteiger partial charge < -0.3 is 15.5 Å². The molecule has 3 rings (SSSR count). The minimum Gasteiger partial charge on any atom is -0.342 e. The van der Waals surface area contributed by atoms with Gasteiger partial charge in [-0.05, 0) is 54.1 Å². The van der Waals surface area contributed by atoms with Crippen molar-refractivity contribution in [2.24, 2.45) is 11.3 Å². The van der Waals surface area contributed by atoms with Crippen LogP contribution in [0.25, 0.3) is 11.1 Å². The molecule has 10 heteroatoms. The number of amides is 3. The summed E-state index contributed by atoms with van der Waals surface area (Å²) in [4.78, 5) is 42.7. The van der Waals surface area contributed by atoms with Gasteiger partial charge in [0.2, 0.25) is 11.8 Å². The first-order valence-electron chi connectivity index (χ1n) is 16.5. The van der Waals surface area contributed by atoms with Crippen molar-refractivity contribution in [3.8, 4) is 11.1 Å². The Morgan fingerprint density at radius 2 is 1.29 bits per heavy atom. The molecule has 0 fully saturated rings. The van der Waals surface area contributed by atoms with Gasteiger partial charge in [0.1, 0.15) is 6.04 Å². The molecule has 3 atom stereocenters. The summed E-state index contributed by atoms with van der Waals surface area (Å²) in [6, 6.07) is 23.5. The van der Waals surface area contributed by atoms with Crippen LogP contribution in [0.5, 0.6) is 0 Å². The average molecular weight is 689 g/mol. The third kappa shape index (κ3) is 9.67. The van der Waals surface area contributed by atoms with E-state index in [1.807, 2.05) is 109 Å². The van der Waals surface area contributed by atoms with Gasteiger partial charge in [-0.15, -0.1) is 0 Å². The zero-order valence-electron chi connectivity index (χ0n) is 30.4. The number of rotatable bonds is 13. The maximum Gasteiger partial charge on any atom is 0.264 e. The van der Waals surface area contributed by atoms with Crippen molar-refractivity contribution in [2.75, 3.05) is 14.1 Å². The van der Waals surface area contributed by atoms with Gasteiger partial charge in [-0.2, -0.15) is 0 Å². The summed E-state index contributed by atoms with van der Waals surface area (Å²) in [7, 11) is -0.802. The molecule has 0 bridgehead atoms. The second-order valence-corrected chi connectivity index (χ2v) is 16.2. The number of benzene rings is 3. The van der Waals surface area contributed by atoms with Crippen molar-refractivity contribution >= 4 is 27.7 Å². The van der Waals surface area contributed by atoms with E-state index in [1.54, 1.807) is 32.3 Å². The largest absolute Gasteiger partial charge is 0.342 e. The lowest BCUT2D eigenvalue weighted by molar-refractivity contribution is -0.140. The first-order chi connectivity index (χ1) is 22.8. The Kier molecular flexibility index (Phi) is 12.8. The van der Waals surface area contributed by atoms with Gasteiger partial charge in [-0.1, -0.05) is 127 Å². The Labute approximate surface area is 292 Å². The second kappa shape index (κ2) is 16.0. The van der Waals surface area contributed by atoms with E-state index in [0.717, 1.165) is 16.7 Å². The van der Waals surface area contributed by atoms with E-state index in [1.165, 1.54) is 24.0 Å². The Balaban J connectivity index is 1.81. The van der Waals surface area contributed by atoms with Crippen molar-refractivity contribution < 1.29 is 22.8 Å². The van der Waals surface area contributed by atoms with E-state index in [9.17, 15) is 22.8 Å². The minimum absolute atomic E-state index is 0.0416. The highest BCUT2D eigenvalue weighted by atomic mass is 32.2. The third-order valence-electron chi connectivity index (χ3n) is 8.95. The summed E-state index contributed by atoms with van der Waals surface area (Å²) in [6.45, 7) is 15.0. The molecule has 3 aromatic carbocycles. The molecule has 0 aliphatic rings. The molecule has 0 aliphatic carbocycles. The topological polar surface area (TPSA) is 125 Å². The lowest BCUT2D eigenvalue weighted by atomic mass is 9.76. The van der Waals surface area contributed by atoms with Crippen LogP contribution in [0.1, 0.15) is 61.0 Å². The SMILES string of the molecule is CN[C@H](C(=O)N[C@H](C(=O)N(C)[C@H](C=C(C)C(=O)NS(=O)(=O)c1ccc(-c2ccccc2)cc1)C(C)C)C(C)(C)C)C(C)(C)c1ccccc1. The Bertz CT molecular complexity index is 1730. The Morgan fingerprint density at radius 1 is 0.776 bits per heavy atom. The Hall–Kier alpha value is -4.28. The lowest BCUT2D eigenvalue weighted by Crippen LogP contribution is -2.61. The van der Waals surface area contributed by atoms with E-state index in [0.29, 0.717) is 0 Å². The van der Waals surface area contributed by atoms with E-state index in [-0.39, 0.29) is 28.2 Å². The molecule has 0 radical (unpaired) electrons. The van der Waals surface area contributed by atoms with Crippen molar-refractivity contribution in [1.29, 1.82) is 0 Å². The smallest absolute Gasteiger partial charge is 0.264 e. The summed E-state index contributed by atoms with van der Waals surface area (Å²) in [6.07, 6.45) is 1.60. The molecule has 0 aliphatic heterocycles. The van der Waals surface area contributed by atoms with E-state index >= 15 is 0 Å². The summed E-state index contributed by atoms with van der Waals surface area (Å²) >= 11 is 0. The van der Waals surface area contributed by atoms with Gasteiger partial charge in [0.25, 0.3) is 15.9 Å². The van der Waals surface area contributed by atoms with Crippen LogP contribution >= 0.6 is 0 Å². The number of sulfonamides is 1. The normalized spacial score (nSPS) is 14.5. The van der Waals surface area contributed by atoms with Crippen LogP contribution < -0.4 is 15.4 Å². The molecule has 49 heavy (non-hydrogen) atoms. The van der Waals surface area contributed by atoms with Gasteiger partial charge in [0, 0.05) is 18.0 Å². The van der Waals surface area contributed by atoms with Gasteiger partial charge >= 0.3 is 0 Å². The highest BCUT2D eigenvalue weighted by molar-refractivity contribution is 7.90. The average Bonchev–Trinajstić information content (AvgIpc) is 3.05. The number of nitrogens with zero attached hydrogens (tertiary/aromatic N) is 1. The monoisotopic (exact) mass is 688 g/mol. The van der Waals surface area contributed by atoms with Crippen LogP contribution in [-0.2, 0) is 29.8 Å². The van der Waals surface area contributed by atoms with Crippen molar-refractivity contribution in [1.82, 2.24) is 20.3 Å².